The van der Waals surface area contributed by atoms with Crippen LogP contribution < -0.4 is 10.6 Å². The van der Waals surface area contributed by atoms with Gasteiger partial charge in [-0.1, -0.05) is 6.42 Å². The third kappa shape index (κ3) is 5.15. The first-order valence-electron chi connectivity index (χ1n) is 6.36. The van der Waals surface area contributed by atoms with Crippen LogP contribution in [0.5, 0.6) is 0 Å². The van der Waals surface area contributed by atoms with Crippen molar-refractivity contribution in [1.82, 2.24) is 10.6 Å². The number of carbonyl (C=O) groups excluding carboxylic acids is 2. The quantitative estimate of drug-likeness (QED) is 0.585. The molecule has 108 valence electrons. The van der Waals surface area contributed by atoms with Crippen molar-refractivity contribution >= 4 is 18.0 Å². The van der Waals surface area contributed by atoms with Crippen LogP contribution in [-0.2, 0) is 14.3 Å². The predicted octanol–water partition coefficient (Wildman–Crippen LogP) is 0.494. The van der Waals surface area contributed by atoms with Gasteiger partial charge in [0, 0.05) is 6.54 Å². The first-order chi connectivity index (χ1) is 8.97. The zero-order valence-electron chi connectivity index (χ0n) is 11.0. The van der Waals surface area contributed by atoms with Gasteiger partial charge in [0.1, 0.15) is 6.54 Å². The minimum atomic E-state index is -0.853. The number of esters is 1. The van der Waals surface area contributed by atoms with Crippen LogP contribution in [0.4, 0.5) is 4.79 Å². The summed E-state index contributed by atoms with van der Waals surface area (Å²) in [5.74, 6) is -1.35. The second kappa shape index (κ2) is 6.96. The number of carboxylic acids is 1. The number of urea groups is 1. The van der Waals surface area contributed by atoms with Crippen LogP contribution in [0.1, 0.15) is 32.6 Å². The van der Waals surface area contributed by atoms with Gasteiger partial charge in [0.05, 0.1) is 13.0 Å². The van der Waals surface area contributed by atoms with Gasteiger partial charge >= 0.3 is 18.0 Å². The number of hydrogen-bond acceptors (Lipinski definition) is 4. The Kier molecular flexibility index (Phi) is 5.59. The van der Waals surface area contributed by atoms with Gasteiger partial charge in [-0.15, -0.1) is 0 Å². The Morgan fingerprint density at radius 1 is 1.26 bits per heavy atom. The highest BCUT2D eigenvalue weighted by molar-refractivity contribution is 5.80. The van der Waals surface area contributed by atoms with E-state index in [-0.39, 0.29) is 25.0 Å². The Balaban J connectivity index is 2.25. The molecule has 1 saturated carbocycles. The fourth-order valence-electron chi connectivity index (χ4n) is 2.11. The molecule has 0 atom stereocenters. The fourth-order valence-corrected chi connectivity index (χ4v) is 2.11. The molecule has 0 heterocycles. The molecule has 2 amide bonds. The van der Waals surface area contributed by atoms with Crippen LogP contribution in [0, 0.1) is 5.41 Å². The molecule has 1 rings (SSSR count). The number of aliphatic carboxylic acids is 1. The molecule has 0 aromatic heterocycles. The Morgan fingerprint density at radius 3 is 2.42 bits per heavy atom. The Hall–Kier alpha value is -1.79. The lowest BCUT2D eigenvalue weighted by Gasteiger charge is -2.40. The Labute approximate surface area is 111 Å². The van der Waals surface area contributed by atoms with Gasteiger partial charge in [-0.05, 0) is 25.2 Å². The number of nitrogens with one attached hydrogen (secondary N) is 2. The van der Waals surface area contributed by atoms with Crippen LogP contribution in [0.2, 0.25) is 0 Å². The van der Waals surface area contributed by atoms with E-state index in [4.69, 9.17) is 5.11 Å². The number of carboxylic acid groups (broad SMARTS) is 1. The molecule has 0 radical (unpaired) electrons. The lowest BCUT2D eigenvalue weighted by atomic mass is 9.66. The van der Waals surface area contributed by atoms with Crippen LogP contribution >= 0.6 is 0 Å². The molecule has 1 aliphatic carbocycles. The van der Waals surface area contributed by atoms with Gasteiger partial charge in [-0.25, -0.2) is 4.79 Å². The van der Waals surface area contributed by atoms with Crippen LogP contribution in [-0.4, -0.2) is 42.8 Å². The average Bonchev–Trinajstić information content (AvgIpc) is 2.29. The summed E-state index contributed by atoms with van der Waals surface area (Å²) in [4.78, 5) is 33.2. The maximum absolute atomic E-state index is 11.4. The van der Waals surface area contributed by atoms with Gasteiger partial charge < -0.3 is 20.5 Å². The minimum Gasteiger partial charge on any atom is -0.481 e. The molecule has 0 saturated heterocycles. The number of rotatable bonds is 7. The van der Waals surface area contributed by atoms with Crippen LogP contribution in [0.3, 0.4) is 0 Å². The smallest absolute Gasteiger partial charge is 0.325 e. The van der Waals surface area contributed by atoms with Gasteiger partial charge in [-0.2, -0.15) is 0 Å². The summed E-state index contributed by atoms with van der Waals surface area (Å²) in [5, 5.41) is 13.8. The molecule has 0 unspecified atom stereocenters. The van der Waals surface area contributed by atoms with Crippen molar-refractivity contribution in [3.05, 3.63) is 0 Å². The monoisotopic (exact) mass is 272 g/mol. The van der Waals surface area contributed by atoms with Crippen molar-refractivity contribution < 1.29 is 24.2 Å². The molecular weight excluding hydrogens is 252 g/mol. The van der Waals surface area contributed by atoms with Gasteiger partial charge in [0.15, 0.2) is 0 Å². The van der Waals surface area contributed by atoms with E-state index in [1.54, 1.807) is 6.92 Å². The van der Waals surface area contributed by atoms with E-state index in [9.17, 15) is 14.4 Å². The largest absolute Gasteiger partial charge is 0.481 e. The Morgan fingerprint density at radius 2 is 1.95 bits per heavy atom. The average molecular weight is 272 g/mol. The summed E-state index contributed by atoms with van der Waals surface area (Å²) >= 11 is 0. The molecule has 3 N–H and O–H groups in total. The van der Waals surface area contributed by atoms with E-state index in [0.29, 0.717) is 6.54 Å². The zero-order chi connectivity index (χ0) is 14.3. The molecular formula is C12H20N2O5. The van der Waals surface area contributed by atoms with E-state index < -0.39 is 18.0 Å². The summed E-state index contributed by atoms with van der Waals surface area (Å²) in [6.45, 7) is 2.08. The molecule has 7 nitrogen and oxygen atoms in total. The fraction of sp³-hybridized carbons (Fsp3) is 0.750. The van der Waals surface area contributed by atoms with Crippen LogP contribution in [0.25, 0.3) is 0 Å². The van der Waals surface area contributed by atoms with Crippen molar-refractivity contribution in [2.45, 2.75) is 32.6 Å². The molecule has 1 aliphatic rings. The first kappa shape index (κ1) is 15.3. The summed E-state index contributed by atoms with van der Waals surface area (Å²) in [6.07, 6.45) is 2.65. The van der Waals surface area contributed by atoms with Gasteiger partial charge in [-0.3, -0.25) is 9.59 Å². The van der Waals surface area contributed by atoms with E-state index in [2.05, 4.69) is 15.4 Å². The number of ether oxygens (including phenoxy) is 1. The zero-order valence-corrected chi connectivity index (χ0v) is 11.0. The van der Waals surface area contributed by atoms with Gasteiger partial charge in [0.25, 0.3) is 0 Å². The highest BCUT2D eigenvalue weighted by atomic mass is 16.5. The van der Waals surface area contributed by atoms with E-state index >= 15 is 0 Å². The van der Waals surface area contributed by atoms with E-state index in [0.717, 1.165) is 19.3 Å². The van der Waals surface area contributed by atoms with E-state index in [1.165, 1.54) is 0 Å². The van der Waals surface area contributed by atoms with Crippen molar-refractivity contribution in [3.63, 3.8) is 0 Å². The molecule has 0 aliphatic heterocycles. The molecule has 1 fully saturated rings. The highest BCUT2D eigenvalue weighted by Gasteiger charge is 2.39. The normalized spacial score (nSPS) is 16.1. The molecule has 0 aromatic rings. The van der Waals surface area contributed by atoms with Crippen molar-refractivity contribution in [2.24, 2.45) is 5.41 Å². The third-order valence-corrected chi connectivity index (χ3v) is 3.26. The lowest BCUT2D eigenvalue weighted by molar-refractivity contribution is -0.142. The minimum absolute atomic E-state index is 0.0607. The molecule has 19 heavy (non-hydrogen) atoms. The molecule has 0 bridgehead atoms. The topological polar surface area (TPSA) is 105 Å². The standard InChI is InChI=1S/C12H20N2O5/c1-2-19-10(17)7-13-11(18)14-8-12(4-3-5-12)6-9(15)16/h2-8H2,1H3,(H,15,16)(H2,13,14,18). The lowest BCUT2D eigenvalue weighted by Crippen LogP contribution is -2.47. The van der Waals surface area contributed by atoms with Crippen molar-refractivity contribution in [2.75, 3.05) is 19.7 Å². The summed E-state index contributed by atoms with van der Waals surface area (Å²) < 4.78 is 4.66. The summed E-state index contributed by atoms with van der Waals surface area (Å²) in [7, 11) is 0. The third-order valence-electron chi connectivity index (χ3n) is 3.26. The number of carbonyl (C=O) groups is 3. The Bertz CT molecular complexity index is 352. The van der Waals surface area contributed by atoms with Crippen molar-refractivity contribution in [1.29, 1.82) is 0 Å². The van der Waals surface area contributed by atoms with E-state index in [1.807, 2.05) is 0 Å². The SMILES string of the molecule is CCOC(=O)CNC(=O)NCC1(CC(=O)O)CCC1. The first-order valence-corrected chi connectivity index (χ1v) is 6.36. The second-order valence-electron chi connectivity index (χ2n) is 4.77. The van der Waals surface area contributed by atoms with Crippen LogP contribution in [0.15, 0.2) is 0 Å². The summed E-state index contributed by atoms with van der Waals surface area (Å²) in [5.41, 5.74) is -0.326. The maximum atomic E-state index is 11.4. The number of amides is 2. The van der Waals surface area contributed by atoms with Crippen molar-refractivity contribution in [3.8, 4) is 0 Å². The highest BCUT2D eigenvalue weighted by Crippen LogP contribution is 2.43. The predicted molar refractivity (Wildman–Crippen MR) is 66.6 cm³/mol. The molecule has 7 heteroatoms. The number of hydrogen-bond donors (Lipinski definition) is 3. The van der Waals surface area contributed by atoms with Gasteiger partial charge in [0.2, 0.25) is 0 Å². The molecule has 0 aromatic carbocycles. The summed E-state index contributed by atoms with van der Waals surface area (Å²) in [6, 6.07) is -0.482. The second-order valence-corrected chi connectivity index (χ2v) is 4.77. The maximum Gasteiger partial charge on any atom is 0.325 e. The molecule has 0 spiro atoms.